The Morgan fingerprint density at radius 3 is 2.23 bits per heavy atom. The van der Waals surface area contributed by atoms with Crippen molar-refractivity contribution in [1.82, 2.24) is 0 Å². The molecule has 0 heterocycles. The second-order valence-electron chi connectivity index (χ2n) is 3.83. The van der Waals surface area contributed by atoms with Gasteiger partial charge in [-0.25, -0.2) is 0 Å². The van der Waals surface area contributed by atoms with E-state index in [0.717, 1.165) is 0 Å². The van der Waals surface area contributed by atoms with Crippen LogP contribution in [0.15, 0.2) is 0 Å². The minimum Gasteiger partial charge on any atom is -1.00 e. The minimum atomic E-state index is -0.785. The minimum absolute atomic E-state index is 0. The maximum Gasteiger partial charge on any atom is 0.309 e. The Bertz CT molecular complexity index is 159. The highest BCUT2D eigenvalue weighted by Gasteiger charge is 2.18. The molecule has 1 atom stereocenters. The third kappa shape index (κ3) is 9.60. The van der Waals surface area contributed by atoms with Crippen molar-refractivity contribution in [3.8, 4) is 0 Å². The molecule has 4 nitrogen and oxygen atoms in total. The number of aliphatic hydroxyl groups excluding tert-OH is 1. The molecule has 0 aliphatic rings. The summed E-state index contributed by atoms with van der Waals surface area (Å²) in [6.07, 6.45) is -0.228. The second kappa shape index (κ2) is 6.18. The average Bonchev–Trinajstić information content (AvgIpc) is 1.81. The van der Waals surface area contributed by atoms with Gasteiger partial charge in [-0.15, -0.1) is 0 Å². The van der Waals surface area contributed by atoms with Crippen LogP contribution in [0.1, 0.15) is 13.3 Å². The highest BCUT2D eigenvalue weighted by atomic mass is 35.5. The molecular formula is C8H18ClNO3. The fraction of sp³-hybridized carbons (Fsp3) is 0.875. The van der Waals surface area contributed by atoms with E-state index in [9.17, 15) is 4.79 Å². The van der Waals surface area contributed by atoms with E-state index in [2.05, 4.69) is 0 Å². The zero-order chi connectivity index (χ0) is 9.78. The van der Waals surface area contributed by atoms with Gasteiger partial charge in [0, 0.05) is 0 Å². The summed E-state index contributed by atoms with van der Waals surface area (Å²) < 4.78 is 0.546. The molecule has 0 saturated carbocycles. The number of nitrogens with zero attached hydrogens (tertiary/aromatic N) is 1. The number of carbonyl (C=O) groups is 1. The topological polar surface area (TPSA) is 57.5 Å². The van der Waals surface area contributed by atoms with Gasteiger partial charge >= 0.3 is 5.97 Å². The fourth-order valence-electron chi connectivity index (χ4n) is 1.20. The number of carboxylic acids is 1. The van der Waals surface area contributed by atoms with Crippen LogP contribution >= 0.6 is 0 Å². The summed E-state index contributed by atoms with van der Waals surface area (Å²) in [6, 6.07) is 0. The number of quaternary nitrogens is 1. The molecule has 0 amide bonds. The molecule has 0 aromatic carbocycles. The van der Waals surface area contributed by atoms with Gasteiger partial charge in [-0.05, 0) is 6.92 Å². The lowest BCUT2D eigenvalue weighted by atomic mass is 10.3. The zero-order valence-corrected chi connectivity index (χ0v) is 9.08. The lowest BCUT2D eigenvalue weighted by molar-refractivity contribution is -0.892. The Morgan fingerprint density at radius 1 is 1.46 bits per heavy atom. The molecule has 0 spiro atoms. The van der Waals surface area contributed by atoms with Crippen LogP contribution in [0.2, 0.25) is 0 Å². The number of hydrogen-bond acceptors (Lipinski definition) is 2. The van der Waals surface area contributed by atoms with Crippen molar-refractivity contribution < 1.29 is 31.9 Å². The van der Waals surface area contributed by atoms with Gasteiger partial charge < -0.3 is 27.1 Å². The molecule has 13 heavy (non-hydrogen) atoms. The Labute approximate surface area is 85.2 Å². The highest BCUT2D eigenvalue weighted by Crippen LogP contribution is 2.01. The molecule has 0 aromatic rings. The molecule has 0 aliphatic heterocycles. The van der Waals surface area contributed by atoms with Crippen molar-refractivity contribution in [1.29, 1.82) is 0 Å². The first-order valence-electron chi connectivity index (χ1n) is 4.05. The summed E-state index contributed by atoms with van der Waals surface area (Å²) in [6.45, 7) is 2.86. The largest absolute Gasteiger partial charge is 1.00 e. The summed E-state index contributed by atoms with van der Waals surface area (Å²) in [5.41, 5.74) is 0. The predicted octanol–water partition coefficient (Wildman–Crippen LogP) is -3.08. The molecule has 1 unspecified atom stereocenters. The summed E-state index contributed by atoms with van der Waals surface area (Å²) in [7, 11) is 3.82. The first-order chi connectivity index (χ1) is 5.33. The Morgan fingerprint density at radius 2 is 1.92 bits per heavy atom. The Kier molecular flexibility index (Phi) is 7.21. The van der Waals surface area contributed by atoms with Crippen molar-refractivity contribution in [2.75, 3.05) is 27.2 Å². The monoisotopic (exact) mass is 211 g/mol. The summed E-state index contributed by atoms with van der Waals surface area (Å²) in [5.74, 6) is -0.785. The number of aliphatic hydroxyl groups is 1. The van der Waals surface area contributed by atoms with Crippen LogP contribution in [0.25, 0.3) is 0 Å². The third-order valence-electron chi connectivity index (χ3n) is 1.69. The van der Waals surface area contributed by atoms with Crippen LogP contribution < -0.4 is 12.4 Å². The fourth-order valence-corrected chi connectivity index (χ4v) is 1.20. The average molecular weight is 212 g/mol. The van der Waals surface area contributed by atoms with Crippen molar-refractivity contribution in [3.63, 3.8) is 0 Å². The van der Waals surface area contributed by atoms with E-state index in [-0.39, 0.29) is 24.9 Å². The molecule has 0 fully saturated rings. The number of carboxylic acid groups (broad SMARTS) is 1. The van der Waals surface area contributed by atoms with E-state index < -0.39 is 5.97 Å². The van der Waals surface area contributed by atoms with E-state index in [4.69, 9.17) is 10.2 Å². The normalized spacial score (nSPS) is 13.2. The van der Waals surface area contributed by atoms with Gasteiger partial charge in [-0.2, -0.15) is 0 Å². The van der Waals surface area contributed by atoms with Crippen LogP contribution in [-0.4, -0.2) is 54.0 Å². The first kappa shape index (κ1) is 15.2. The third-order valence-corrected chi connectivity index (χ3v) is 1.69. The summed E-state index contributed by atoms with van der Waals surface area (Å²) >= 11 is 0. The number of rotatable bonds is 5. The molecule has 2 N–H and O–H groups in total. The van der Waals surface area contributed by atoms with Crippen molar-refractivity contribution in [2.45, 2.75) is 19.4 Å². The van der Waals surface area contributed by atoms with Crippen molar-refractivity contribution in [2.24, 2.45) is 0 Å². The molecule has 0 rings (SSSR count). The van der Waals surface area contributed by atoms with Crippen LogP contribution in [0.3, 0.4) is 0 Å². The van der Waals surface area contributed by atoms with Gasteiger partial charge in [0.05, 0.1) is 27.1 Å². The van der Waals surface area contributed by atoms with Gasteiger partial charge in [-0.1, -0.05) is 0 Å². The number of aliphatic carboxylic acids is 1. The van der Waals surface area contributed by atoms with Gasteiger partial charge in [0.2, 0.25) is 0 Å². The predicted molar refractivity (Wildman–Crippen MR) is 45.8 cm³/mol. The lowest BCUT2D eigenvalue weighted by Crippen LogP contribution is -3.00. The van der Waals surface area contributed by atoms with Gasteiger partial charge in [0.1, 0.15) is 12.6 Å². The molecule has 80 valence electrons. The van der Waals surface area contributed by atoms with E-state index in [1.165, 1.54) is 0 Å². The van der Waals surface area contributed by atoms with E-state index in [1.807, 2.05) is 14.1 Å². The van der Waals surface area contributed by atoms with Crippen LogP contribution in [0.5, 0.6) is 0 Å². The molecule has 0 aromatic heterocycles. The van der Waals surface area contributed by atoms with Gasteiger partial charge in [-0.3, -0.25) is 4.79 Å². The summed E-state index contributed by atoms with van der Waals surface area (Å²) in [4.78, 5) is 10.3. The molecule has 0 bridgehead atoms. The molecule has 0 saturated heterocycles. The van der Waals surface area contributed by atoms with E-state index in [0.29, 0.717) is 17.6 Å². The maximum absolute atomic E-state index is 10.3. The highest BCUT2D eigenvalue weighted by molar-refractivity contribution is 5.66. The van der Waals surface area contributed by atoms with E-state index in [1.54, 1.807) is 6.92 Å². The standard InChI is InChI=1S/C8H17NO3.ClH/c1-7(10)6-9(2,3)5-4-8(11)12;/h7,10H,4-6H2,1-3H3;1H. The Hall–Kier alpha value is -0.320. The van der Waals surface area contributed by atoms with Crippen molar-refractivity contribution in [3.05, 3.63) is 0 Å². The smallest absolute Gasteiger partial charge is 0.309 e. The van der Waals surface area contributed by atoms with Crippen LogP contribution in [0.4, 0.5) is 0 Å². The number of likely N-dealkylation sites (N-methyl/N-ethyl adjacent to an activating group) is 1. The first-order valence-corrected chi connectivity index (χ1v) is 4.05. The van der Waals surface area contributed by atoms with Crippen LogP contribution in [-0.2, 0) is 4.79 Å². The van der Waals surface area contributed by atoms with E-state index >= 15 is 0 Å². The zero-order valence-electron chi connectivity index (χ0n) is 8.33. The number of hydrogen-bond donors (Lipinski definition) is 2. The quantitative estimate of drug-likeness (QED) is 0.475. The second-order valence-corrected chi connectivity index (χ2v) is 3.83. The molecule has 0 radical (unpaired) electrons. The van der Waals surface area contributed by atoms with Gasteiger partial charge in [0.25, 0.3) is 0 Å². The van der Waals surface area contributed by atoms with Crippen molar-refractivity contribution >= 4 is 5.97 Å². The van der Waals surface area contributed by atoms with Gasteiger partial charge in [0.15, 0.2) is 0 Å². The SMILES string of the molecule is CC(O)C[N+](C)(C)CCC(=O)O.[Cl-]. The molecule has 0 aliphatic carbocycles. The Balaban J connectivity index is 0. The maximum atomic E-state index is 10.3. The summed E-state index contributed by atoms with van der Waals surface area (Å²) in [5, 5.41) is 17.5. The molecular weight excluding hydrogens is 194 g/mol. The number of halogens is 1. The lowest BCUT2D eigenvalue weighted by Gasteiger charge is -2.30. The molecule has 5 heteroatoms. The van der Waals surface area contributed by atoms with Crippen LogP contribution in [0, 0.1) is 0 Å².